The predicted octanol–water partition coefficient (Wildman–Crippen LogP) is 3.96. The van der Waals surface area contributed by atoms with Crippen molar-refractivity contribution in [1.29, 1.82) is 0 Å². The van der Waals surface area contributed by atoms with Gasteiger partial charge in [-0.05, 0) is 30.5 Å². The van der Waals surface area contributed by atoms with Gasteiger partial charge in [-0.15, -0.1) is 11.3 Å². The minimum Gasteiger partial charge on any atom is -0.494 e. The number of carbonyl (C=O) groups is 1. The van der Waals surface area contributed by atoms with Crippen LogP contribution in [0.4, 0.5) is 5.69 Å². The molecule has 1 heterocycles. The van der Waals surface area contributed by atoms with Gasteiger partial charge < -0.3 is 10.1 Å². The average molecular weight is 273 g/mol. The van der Waals surface area contributed by atoms with Crippen molar-refractivity contribution in [2.45, 2.75) is 6.92 Å². The largest absolute Gasteiger partial charge is 0.494 e. The number of ketones is 1. The third-order valence-electron chi connectivity index (χ3n) is 2.39. The zero-order chi connectivity index (χ0) is 13.5. The Kier molecular flexibility index (Phi) is 4.75. The van der Waals surface area contributed by atoms with E-state index >= 15 is 0 Å². The molecule has 3 nitrogen and oxygen atoms in total. The van der Waals surface area contributed by atoms with Gasteiger partial charge in [-0.25, -0.2) is 0 Å². The lowest BCUT2D eigenvalue weighted by Crippen LogP contribution is -1.95. The summed E-state index contributed by atoms with van der Waals surface area (Å²) < 4.78 is 5.40. The Bertz CT molecular complexity index is 561. The number of anilines is 1. The van der Waals surface area contributed by atoms with Crippen LogP contribution in [0.25, 0.3) is 0 Å². The first-order chi connectivity index (χ1) is 9.29. The molecule has 19 heavy (non-hydrogen) atoms. The van der Waals surface area contributed by atoms with Crippen molar-refractivity contribution in [2.24, 2.45) is 0 Å². The van der Waals surface area contributed by atoms with Crippen molar-refractivity contribution in [3.05, 3.63) is 58.9 Å². The molecule has 0 amide bonds. The van der Waals surface area contributed by atoms with E-state index in [4.69, 9.17) is 4.74 Å². The summed E-state index contributed by atoms with van der Waals surface area (Å²) in [6.45, 7) is 2.58. The van der Waals surface area contributed by atoms with Gasteiger partial charge in [0, 0.05) is 24.0 Å². The van der Waals surface area contributed by atoms with Crippen molar-refractivity contribution in [3.8, 4) is 5.75 Å². The molecular weight excluding hydrogens is 258 g/mol. The zero-order valence-electron chi connectivity index (χ0n) is 10.6. The van der Waals surface area contributed by atoms with Crippen LogP contribution in [0.1, 0.15) is 16.6 Å². The maximum absolute atomic E-state index is 11.7. The van der Waals surface area contributed by atoms with Gasteiger partial charge in [-0.2, -0.15) is 0 Å². The second-order valence-corrected chi connectivity index (χ2v) is 4.73. The molecule has 0 aliphatic heterocycles. The molecular formula is C15H15NO2S. The van der Waals surface area contributed by atoms with Crippen LogP contribution in [0.3, 0.4) is 0 Å². The SMILES string of the molecule is CCOc1cccc(N/C=C/C(=O)c2cccs2)c1. The molecule has 0 atom stereocenters. The molecule has 1 N–H and O–H groups in total. The third-order valence-corrected chi connectivity index (χ3v) is 3.28. The number of nitrogens with one attached hydrogen (secondary N) is 1. The number of ether oxygens (including phenoxy) is 1. The quantitative estimate of drug-likeness (QED) is 0.639. The van der Waals surface area contributed by atoms with Crippen LogP contribution in [0.5, 0.6) is 5.75 Å². The van der Waals surface area contributed by atoms with E-state index in [2.05, 4.69) is 5.32 Å². The van der Waals surface area contributed by atoms with E-state index in [0.29, 0.717) is 6.61 Å². The van der Waals surface area contributed by atoms with Crippen molar-refractivity contribution in [2.75, 3.05) is 11.9 Å². The Labute approximate surface area is 116 Å². The molecule has 0 aliphatic rings. The van der Waals surface area contributed by atoms with E-state index in [9.17, 15) is 4.79 Å². The molecule has 0 saturated carbocycles. The van der Waals surface area contributed by atoms with Gasteiger partial charge in [-0.3, -0.25) is 4.79 Å². The number of rotatable bonds is 6. The van der Waals surface area contributed by atoms with Crippen LogP contribution in [0.15, 0.2) is 54.1 Å². The number of carbonyl (C=O) groups excluding carboxylic acids is 1. The normalized spacial score (nSPS) is 10.6. The molecule has 0 bridgehead atoms. The highest BCUT2D eigenvalue weighted by atomic mass is 32.1. The lowest BCUT2D eigenvalue weighted by Gasteiger charge is -2.05. The van der Waals surface area contributed by atoms with Crippen LogP contribution in [0, 0.1) is 0 Å². The Morgan fingerprint density at radius 3 is 3.00 bits per heavy atom. The Morgan fingerprint density at radius 1 is 1.37 bits per heavy atom. The van der Waals surface area contributed by atoms with Crippen LogP contribution in [-0.2, 0) is 0 Å². The van der Waals surface area contributed by atoms with E-state index in [1.165, 1.54) is 17.4 Å². The number of hydrogen-bond acceptors (Lipinski definition) is 4. The number of benzene rings is 1. The summed E-state index contributed by atoms with van der Waals surface area (Å²) in [5.74, 6) is 0.814. The van der Waals surface area contributed by atoms with Crippen LogP contribution >= 0.6 is 11.3 Å². The van der Waals surface area contributed by atoms with E-state index < -0.39 is 0 Å². The fourth-order valence-corrected chi connectivity index (χ4v) is 2.20. The number of allylic oxidation sites excluding steroid dienone is 1. The second kappa shape index (κ2) is 6.75. The molecule has 0 saturated heterocycles. The summed E-state index contributed by atoms with van der Waals surface area (Å²) in [7, 11) is 0. The highest BCUT2D eigenvalue weighted by molar-refractivity contribution is 7.12. The maximum Gasteiger partial charge on any atom is 0.197 e. The summed E-state index contributed by atoms with van der Waals surface area (Å²) in [6, 6.07) is 11.3. The fourth-order valence-electron chi connectivity index (χ4n) is 1.56. The number of thiophene rings is 1. The van der Waals surface area contributed by atoms with Gasteiger partial charge in [0.25, 0.3) is 0 Å². The molecule has 1 aromatic heterocycles. The van der Waals surface area contributed by atoms with Gasteiger partial charge in [0.1, 0.15) is 5.75 Å². The van der Waals surface area contributed by atoms with Crippen molar-refractivity contribution < 1.29 is 9.53 Å². The summed E-state index contributed by atoms with van der Waals surface area (Å²) >= 11 is 1.44. The summed E-state index contributed by atoms with van der Waals surface area (Å²) in [6.07, 6.45) is 3.17. The number of hydrogen-bond donors (Lipinski definition) is 1. The third kappa shape index (κ3) is 3.96. The lowest BCUT2D eigenvalue weighted by atomic mass is 10.3. The summed E-state index contributed by atoms with van der Waals surface area (Å²) in [4.78, 5) is 12.5. The Morgan fingerprint density at radius 2 is 2.26 bits per heavy atom. The molecule has 1 aromatic carbocycles. The van der Waals surface area contributed by atoms with Gasteiger partial charge in [-0.1, -0.05) is 12.1 Å². The molecule has 2 aromatic rings. The van der Waals surface area contributed by atoms with Crippen LogP contribution < -0.4 is 10.1 Å². The first-order valence-electron chi connectivity index (χ1n) is 6.03. The fraction of sp³-hybridized carbons (Fsp3) is 0.133. The van der Waals surface area contributed by atoms with Crippen LogP contribution in [-0.4, -0.2) is 12.4 Å². The molecule has 0 aliphatic carbocycles. The predicted molar refractivity (Wildman–Crippen MR) is 79.0 cm³/mol. The molecule has 0 unspecified atom stereocenters. The molecule has 2 rings (SSSR count). The van der Waals surface area contributed by atoms with Gasteiger partial charge >= 0.3 is 0 Å². The molecule has 0 radical (unpaired) electrons. The Hall–Kier alpha value is -2.07. The molecule has 0 spiro atoms. The highest BCUT2D eigenvalue weighted by Crippen LogP contribution is 2.17. The second-order valence-electron chi connectivity index (χ2n) is 3.78. The van der Waals surface area contributed by atoms with E-state index in [1.807, 2.05) is 48.7 Å². The van der Waals surface area contributed by atoms with Gasteiger partial charge in [0.15, 0.2) is 5.78 Å². The van der Waals surface area contributed by atoms with Crippen molar-refractivity contribution >= 4 is 22.8 Å². The monoisotopic (exact) mass is 273 g/mol. The van der Waals surface area contributed by atoms with Crippen molar-refractivity contribution in [1.82, 2.24) is 0 Å². The molecule has 4 heteroatoms. The topological polar surface area (TPSA) is 38.3 Å². The average Bonchev–Trinajstić information content (AvgIpc) is 2.93. The van der Waals surface area contributed by atoms with Gasteiger partial charge in [0.2, 0.25) is 0 Å². The van der Waals surface area contributed by atoms with E-state index in [1.54, 1.807) is 6.20 Å². The van der Waals surface area contributed by atoms with Crippen molar-refractivity contribution in [3.63, 3.8) is 0 Å². The maximum atomic E-state index is 11.7. The summed E-state index contributed by atoms with van der Waals surface area (Å²) in [5.41, 5.74) is 0.890. The van der Waals surface area contributed by atoms with E-state index in [-0.39, 0.29) is 5.78 Å². The highest BCUT2D eigenvalue weighted by Gasteiger charge is 2.01. The lowest BCUT2D eigenvalue weighted by molar-refractivity contribution is 0.105. The Balaban J connectivity index is 1.95. The zero-order valence-corrected chi connectivity index (χ0v) is 11.4. The summed E-state index contributed by atoms with van der Waals surface area (Å²) in [5, 5.41) is 4.95. The minimum absolute atomic E-state index is 0.00321. The first kappa shape index (κ1) is 13.4. The standard InChI is InChI=1S/C15H15NO2S/c1-2-18-13-6-3-5-12(11-13)16-9-8-14(17)15-7-4-10-19-15/h3-11,16H,2H2,1H3/b9-8+. The van der Waals surface area contributed by atoms with E-state index in [0.717, 1.165) is 16.3 Å². The molecule has 0 fully saturated rings. The smallest absolute Gasteiger partial charge is 0.197 e. The first-order valence-corrected chi connectivity index (χ1v) is 6.91. The van der Waals surface area contributed by atoms with Gasteiger partial charge in [0.05, 0.1) is 11.5 Å². The van der Waals surface area contributed by atoms with Crippen LogP contribution in [0.2, 0.25) is 0 Å². The molecule has 98 valence electrons. The minimum atomic E-state index is 0.00321.